The quantitative estimate of drug-likeness (QED) is 0.683. The van der Waals surface area contributed by atoms with E-state index >= 15 is 0 Å². The number of nitrogens with one attached hydrogen (secondary N) is 2. The predicted molar refractivity (Wildman–Crippen MR) is 128 cm³/mol. The monoisotopic (exact) mass is 449 g/mol. The van der Waals surface area contributed by atoms with Gasteiger partial charge in [0.05, 0.1) is 5.41 Å². The lowest BCUT2D eigenvalue weighted by Crippen LogP contribution is -2.55. The van der Waals surface area contributed by atoms with Gasteiger partial charge in [-0.1, -0.05) is 39.5 Å². The Hall–Kier alpha value is -1.14. The van der Waals surface area contributed by atoms with Crippen LogP contribution in [0.2, 0.25) is 0 Å². The molecule has 1 aliphatic carbocycles. The third kappa shape index (κ3) is 7.72. The van der Waals surface area contributed by atoms with Crippen LogP contribution in [0.3, 0.4) is 0 Å². The van der Waals surface area contributed by atoms with Crippen LogP contribution in [0, 0.1) is 17.3 Å². The first kappa shape index (κ1) is 25.5. The maximum Gasteiger partial charge on any atom is 0.242 e. The van der Waals surface area contributed by atoms with Crippen LogP contribution < -0.4 is 10.6 Å². The van der Waals surface area contributed by atoms with Gasteiger partial charge in [-0.3, -0.25) is 9.59 Å². The smallest absolute Gasteiger partial charge is 0.242 e. The minimum Gasteiger partial charge on any atom is -0.381 e. The first-order valence-corrected chi connectivity index (χ1v) is 13.4. The van der Waals surface area contributed by atoms with E-state index in [1.807, 2.05) is 0 Å². The second kappa shape index (κ2) is 12.9. The van der Waals surface area contributed by atoms with E-state index in [-0.39, 0.29) is 17.2 Å². The van der Waals surface area contributed by atoms with Gasteiger partial charge in [-0.2, -0.15) is 0 Å². The van der Waals surface area contributed by atoms with Gasteiger partial charge in [0.2, 0.25) is 11.8 Å². The lowest BCUT2D eigenvalue weighted by atomic mass is 9.73. The third-order valence-electron chi connectivity index (χ3n) is 7.82. The second-order valence-electron chi connectivity index (χ2n) is 11.0. The van der Waals surface area contributed by atoms with E-state index in [2.05, 4.69) is 29.4 Å². The molecule has 184 valence electrons. The Morgan fingerprint density at radius 3 is 2.41 bits per heavy atom. The summed E-state index contributed by atoms with van der Waals surface area (Å²) in [6.45, 7) is 9.45. The molecule has 3 fully saturated rings. The molecule has 0 unspecified atom stereocenters. The average Bonchev–Trinajstić information content (AvgIpc) is 2.78. The Balaban J connectivity index is 1.65. The molecule has 6 nitrogen and oxygen atoms in total. The molecule has 3 aliphatic rings. The van der Waals surface area contributed by atoms with Gasteiger partial charge in [-0.05, 0) is 76.3 Å². The van der Waals surface area contributed by atoms with Crippen molar-refractivity contribution in [2.75, 3.05) is 39.4 Å². The Morgan fingerprint density at radius 2 is 1.69 bits per heavy atom. The van der Waals surface area contributed by atoms with E-state index in [9.17, 15) is 9.59 Å². The summed E-state index contributed by atoms with van der Waals surface area (Å²) in [6, 6.07) is -0.441. The fourth-order valence-electron chi connectivity index (χ4n) is 5.78. The molecular weight excluding hydrogens is 402 g/mol. The Bertz CT molecular complexity index is 581. The van der Waals surface area contributed by atoms with E-state index in [4.69, 9.17) is 4.74 Å². The van der Waals surface area contributed by atoms with E-state index in [1.54, 1.807) is 0 Å². The maximum atomic E-state index is 13.7. The van der Waals surface area contributed by atoms with Crippen LogP contribution in [-0.2, 0) is 14.3 Å². The highest BCUT2D eigenvalue weighted by molar-refractivity contribution is 5.90. The summed E-state index contributed by atoms with van der Waals surface area (Å²) in [5, 5.41) is 6.22. The minimum absolute atomic E-state index is 0.0472. The Labute approximate surface area is 195 Å². The lowest BCUT2D eigenvalue weighted by molar-refractivity contribution is -0.138. The number of hydrogen-bond donors (Lipinski definition) is 2. The van der Waals surface area contributed by atoms with Crippen LogP contribution >= 0.6 is 0 Å². The molecule has 2 aliphatic heterocycles. The number of hydrogen-bond acceptors (Lipinski definition) is 4. The SMILES string of the molecule is CC(C)C[C@@H]1NC(=O)C2(CCCCOCCCNC1=O)CCN(CC1CCCCC1)CC2. The number of piperidine rings is 1. The molecule has 2 heterocycles. The van der Waals surface area contributed by atoms with Crippen molar-refractivity contribution >= 4 is 11.8 Å². The highest BCUT2D eigenvalue weighted by atomic mass is 16.5. The predicted octanol–water partition coefficient (Wildman–Crippen LogP) is 3.89. The Morgan fingerprint density at radius 1 is 0.969 bits per heavy atom. The highest BCUT2D eigenvalue weighted by Crippen LogP contribution is 2.38. The van der Waals surface area contributed by atoms with Crippen molar-refractivity contribution in [1.82, 2.24) is 15.5 Å². The maximum absolute atomic E-state index is 13.7. The first-order chi connectivity index (χ1) is 15.5. The first-order valence-electron chi connectivity index (χ1n) is 13.4. The van der Waals surface area contributed by atoms with E-state index < -0.39 is 6.04 Å². The van der Waals surface area contributed by atoms with Crippen molar-refractivity contribution in [2.24, 2.45) is 17.3 Å². The standard InChI is InChI=1S/C26H47N3O3/c1-21(2)19-23-24(30)27-14-8-18-32-17-7-6-11-26(25(31)28-23)12-15-29(16-13-26)20-22-9-4-3-5-10-22/h21-23H,3-20H2,1-2H3,(H,27,30)(H,28,31)/t23-/m0/s1. The van der Waals surface area contributed by atoms with Gasteiger partial charge in [0.1, 0.15) is 6.04 Å². The van der Waals surface area contributed by atoms with Crippen molar-refractivity contribution < 1.29 is 14.3 Å². The fraction of sp³-hybridized carbons (Fsp3) is 0.923. The van der Waals surface area contributed by atoms with Crippen molar-refractivity contribution in [3.05, 3.63) is 0 Å². The molecule has 0 radical (unpaired) electrons. The molecule has 2 amide bonds. The third-order valence-corrected chi connectivity index (χ3v) is 7.82. The molecule has 0 bridgehead atoms. The summed E-state index contributed by atoms with van der Waals surface area (Å²) in [7, 11) is 0. The fourth-order valence-corrected chi connectivity index (χ4v) is 5.78. The van der Waals surface area contributed by atoms with Gasteiger partial charge in [-0.25, -0.2) is 0 Å². The average molecular weight is 450 g/mol. The molecule has 6 heteroatoms. The van der Waals surface area contributed by atoms with E-state index in [1.165, 1.54) is 38.6 Å². The number of carbonyl (C=O) groups excluding carboxylic acids is 2. The van der Waals surface area contributed by atoms with Crippen LogP contribution in [0.25, 0.3) is 0 Å². The molecule has 0 aromatic heterocycles. The molecular formula is C26H47N3O3. The topological polar surface area (TPSA) is 70.7 Å². The molecule has 0 aromatic carbocycles. The van der Waals surface area contributed by atoms with Gasteiger partial charge in [0.15, 0.2) is 0 Å². The summed E-state index contributed by atoms with van der Waals surface area (Å²) in [5.74, 6) is 1.25. The zero-order valence-corrected chi connectivity index (χ0v) is 20.6. The zero-order valence-electron chi connectivity index (χ0n) is 20.6. The second-order valence-corrected chi connectivity index (χ2v) is 11.0. The van der Waals surface area contributed by atoms with Crippen molar-refractivity contribution in [3.63, 3.8) is 0 Å². The summed E-state index contributed by atoms with van der Waals surface area (Å²) < 4.78 is 5.75. The van der Waals surface area contributed by atoms with Gasteiger partial charge >= 0.3 is 0 Å². The largest absolute Gasteiger partial charge is 0.381 e. The van der Waals surface area contributed by atoms with E-state index in [0.717, 1.165) is 64.1 Å². The Kier molecular flexibility index (Phi) is 10.3. The highest BCUT2D eigenvalue weighted by Gasteiger charge is 2.42. The number of ether oxygens (including phenoxy) is 1. The van der Waals surface area contributed by atoms with E-state index in [0.29, 0.717) is 25.5 Å². The van der Waals surface area contributed by atoms with Crippen LogP contribution in [0.5, 0.6) is 0 Å². The summed E-state index contributed by atoms with van der Waals surface area (Å²) in [6.07, 6.45) is 13.1. The molecule has 3 rings (SSSR count). The van der Waals surface area contributed by atoms with Gasteiger partial charge in [0.25, 0.3) is 0 Å². The molecule has 32 heavy (non-hydrogen) atoms. The molecule has 0 aromatic rings. The van der Waals surface area contributed by atoms with Gasteiger partial charge in [-0.15, -0.1) is 0 Å². The van der Waals surface area contributed by atoms with Crippen LogP contribution in [0.1, 0.15) is 90.9 Å². The van der Waals surface area contributed by atoms with Crippen molar-refractivity contribution in [3.8, 4) is 0 Å². The summed E-state index contributed by atoms with van der Waals surface area (Å²) >= 11 is 0. The zero-order chi connectivity index (χ0) is 22.8. The normalized spacial score (nSPS) is 27.7. The van der Waals surface area contributed by atoms with Crippen molar-refractivity contribution in [2.45, 2.75) is 96.9 Å². The summed E-state index contributed by atoms with van der Waals surface area (Å²) in [4.78, 5) is 29.1. The molecule has 2 N–H and O–H groups in total. The molecule has 1 saturated carbocycles. The number of nitrogens with zero attached hydrogens (tertiary/aromatic N) is 1. The van der Waals surface area contributed by atoms with Gasteiger partial charge < -0.3 is 20.3 Å². The molecule has 1 atom stereocenters. The van der Waals surface area contributed by atoms with Gasteiger partial charge in [0, 0.05) is 26.3 Å². The number of likely N-dealkylation sites (tertiary alicyclic amines) is 1. The molecule has 2 saturated heterocycles. The van der Waals surface area contributed by atoms with Crippen molar-refractivity contribution in [1.29, 1.82) is 0 Å². The summed E-state index contributed by atoms with van der Waals surface area (Å²) in [5.41, 5.74) is -0.345. The number of amides is 2. The number of carbonyl (C=O) groups is 2. The van der Waals surface area contributed by atoms with Crippen LogP contribution in [0.15, 0.2) is 0 Å². The number of rotatable bonds is 4. The lowest BCUT2D eigenvalue weighted by Gasteiger charge is -2.43. The molecule has 1 spiro atoms. The van der Waals surface area contributed by atoms with Crippen LogP contribution in [-0.4, -0.2) is 62.1 Å². The van der Waals surface area contributed by atoms with Crippen LogP contribution in [0.4, 0.5) is 0 Å². The minimum atomic E-state index is -0.441.